The predicted octanol–water partition coefficient (Wildman–Crippen LogP) is 2.31. The summed E-state index contributed by atoms with van der Waals surface area (Å²) >= 11 is 3.51. The third-order valence-electron chi connectivity index (χ3n) is 2.41. The normalized spacial score (nSPS) is 10.6. The zero-order valence-corrected chi connectivity index (χ0v) is 10.0. The highest BCUT2D eigenvalue weighted by Crippen LogP contribution is 2.26. The molecule has 3 nitrogen and oxygen atoms in total. The van der Waals surface area contributed by atoms with Gasteiger partial charge in [0.1, 0.15) is 5.82 Å². The van der Waals surface area contributed by atoms with Gasteiger partial charge >= 0.3 is 0 Å². The average molecular weight is 266 g/mol. The maximum atomic E-state index is 5.61. The van der Waals surface area contributed by atoms with E-state index in [1.165, 1.54) is 0 Å². The van der Waals surface area contributed by atoms with Crippen molar-refractivity contribution in [3.05, 3.63) is 40.6 Å². The number of hydrogen-bond donors (Lipinski definition) is 1. The molecule has 4 heteroatoms. The fourth-order valence-corrected chi connectivity index (χ4v) is 1.99. The second kappa shape index (κ2) is 4.16. The quantitative estimate of drug-likeness (QED) is 0.906. The highest BCUT2D eigenvalue weighted by Gasteiger charge is 2.09. The molecule has 0 fully saturated rings. The van der Waals surface area contributed by atoms with Crippen LogP contribution >= 0.6 is 15.9 Å². The molecule has 0 radical (unpaired) electrons. The number of nitrogens with zero attached hydrogens (tertiary/aromatic N) is 2. The molecule has 0 aliphatic heterocycles. The lowest BCUT2D eigenvalue weighted by Gasteiger charge is -2.06. The van der Waals surface area contributed by atoms with E-state index in [1.54, 1.807) is 0 Å². The SMILES string of the molecule is Cn1c(CN)cnc1-c1ccccc1Br. The summed E-state index contributed by atoms with van der Waals surface area (Å²) < 4.78 is 3.06. The van der Waals surface area contributed by atoms with Crippen molar-refractivity contribution in [2.24, 2.45) is 12.8 Å². The molecule has 1 aromatic heterocycles. The van der Waals surface area contributed by atoms with Gasteiger partial charge in [0.2, 0.25) is 0 Å². The van der Waals surface area contributed by atoms with Crippen LogP contribution in [0.1, 0.15) is 5.69 Å². The number of benzene rings is 1. The number of aromatic nitrogens is 2. The van der Waals surface area contributed by atoms with Gasteiger partial charge in [-0.1, -0.05) is 34.1 Å². The van der Waals surface area contributed by atoms with Crippen LogP contribution in [0.3, 0.4) is 0 Å². The molecule has 0 amide bonds. The van der Waals surface area contributed by atoms with Gasteiger partial charge in [0.15, 0.2) is 0 Å². The molecule has 2 N–H and O–H groups in total. The summed E-state index contributed by atoms with van der Waals surface area (Å²) in [5.41, 5.74) is 7.72. The van der Waals surface area contributed by atoms with Crippen molar-refractivity contribution in [3.8, 4) is 11.4 Å². The van der Waals surface area contributed by atoms with E-state index >= 15 is 0 Å². The van der Waals surface area contributed by atoms with Crippen LogP contribution in [0.25, 0.3) is 11.4 Å². The lowest BCUT2D eigenvalue weighted by atomic mass is 10.2. The van der Waals surface area contributed by atoms with Crippen molar-refractivity contribution in [1.82, 2.24) is 9.55 Å². The smallest absolute Gasteiger partial charge is 0.141 e. The maximum Gasteiger partial charge on any atom is 0.141 e. The fourth-order valence-electron chi connectivity index (χ4n) is 1.53. The number of imidazole rings is 1. The summed E-state index contributed by atoms with van der Waals surface area (Å²) in [5.74, 6) is 0.933. The Morgan fingerprint density at radius 3 is 2.73 bits per heavy atom. The van der Waals surface area contributed by atoms with Crippen LogP contribution in [0.4, 0.5) is 0 Å². The molecule has 0 aliphatic rings. The van der Waals surface area contributed by atoms with Gasteiger partial charge in [0, 0.05) is 23.6 Å². The van der Waals surface area contributed by atoms with Crippen molar-refractivity contribution in [1.29, 1.82) is 0 Å². The Bertz CT molecular complexity index is 476. The minimum absolute atomic E-state index is 0.508. The zero-order chi connectivity index (χ0) is 10.8. The summed E-state index contributed by atoms with van der Waals surface area (Å²) in [6, 6.07) is 8.02. The maximum absolute atomic E-state index is 5.61. The van der Waals surface area contributed by atoms with Gasteiger partial charge in [-0.15, -0.1) is 0 Å². The minimum Gasteiger partial charge on any atom is -0.330 e. The van der Waals surface area contributed by atoms with Gasteiger partial charge in [-0.25, -0.2) is 4.98 Å². The molecule has 2 rings (SSSR count). The predicted molar refractivity (Wildman–Crippen MR) is 64.2 cm³/mol. The molecule has 1 aromatic carbocycles. The molecule has 0 saturated heterocycles. The van der Waals surface area contributed by atoms with Crippen molar-refractivity contribution in [2.75, 3.05) is 0 Å². The first-order valence-electron chi connectivity index (χ1n) is 4.69. The summed E-state index contributed by atoms with van der Waals surface area (Å²) in [6.07, 6.45) is 1.81. The van der Waals surface area contributed by atoms with E-state index in [0.717, 1.165) is 21.6 Å². The first kappa shape index (κ1) is 10.4. The molecule has 0 saturated carbocycles. The van der Waals surface area contributed by atoms with E-state index in [1.807, 2.05) is 42.1 Å². The molecule has 78 valence electrons. The Hall–Kier alpha value is -1.13. The first-order valence-corrected chi connectivity index (χ1v) is 5.49. The highest BCUT2D eigenvalue weighted by atomic mass is 79.9. The van der Waals surface area contributed by atoms with Crippen LogP contribution in [0.5, 0.6) is 0 Å². The second-order valence-electron chi connectivity index (χ2n) is 3.32. The Kier molecular flexibility index (Phi) is 2.88. The zero-order valence-electron chi connectivity index (χ0n) is 8.44. The molecular formula is C11H12BrN3. The van der Waals surface area contributed by atoms with Crippen molar-refractivity contribution in [2.45, 2.75) is 6.54 Å². The first-order chi connectivity index (χ1) is 7.24. The van der Waals surface area contributed by atoms with Crippen LogP contribution < -0.4 is 5.73 Å². The van der Waals surface area contributed by atoms with E-state index in [2.05, 4.69) is 20.9 Å². The molecule has 0 unspecified atom stereocenters. The molecule has 15 heavy (non-hydrogen) atoms. The van der Waals surface area contributed by atoms with Gasteiger partial charge in [0.25, 0.3) is 0 Å². The van der Waals surface area contributed by atoms with E-state index < -0.39 is 0 Å². The molecular weight excluding hydrogens is 254 g/mol. The summed E-state index contributed by atoms with van der Waals surface area (Å²) in [7, 11) is 1.98. The van der Waals surface area contributed by atoms with Crippen LogP contribution in [-0.2, 0) is 13.6 Å². The summed E-state index contributed by atoms with van der Waals surface area (Å²) in [5, 5.41) is 0. The number of rotatable bonds is 2. The van der Waals surface area contributed by atoms with E-state index in [4.69, 9.17) is 5.73 Å². The lowest BCUT2D eigenvalue weighted by molar-refractivity contribution is 0.828. The number of halogens is 1. The van der Waals surface area contributed by atoms with E-state index in [0.29, 0.717) is 6.54 Å². The van der Waals surface area contributed by atoms with Crippen LogP contribution in [0, 0.1) is 0 Å². The van der Waals surface area contributed by atoms with Gasteiger partial charge in [-0.05, 0) is 6.07 Å². The van der Waals surface area contributed by atoms with Gasteiger partial charge in [-0.3, -0.25) is 0 Å². The third kappa shape index (κ3) is 1.82. The fraction of sp³-hybridized carbons (Fsp3) is 0.182. The largest absolute Gasteiger partial charge is 0.330 e. The van der Waals surface area contributed by atoms with Crippen LogP contribution in [0.2, 0.25) is 0 Å². The van der Waals surface area contributed by atoms with Crippen molar-refractivity contribution in [3.63, 3.8) is 0 Å². The molecule has 1 heterocycles. The van der Waals surface area contributed by atoms with E-state index in [9.17, 15) is 0 Å². The van der Waals surface area contributed by atoms with Gasteiger partial charge in [-0.2, -0.15) is 0 Å². The van der Waals surface area contributed by atoms with E-state index in [-0.39, 0.29) is 0 Å². The number of nitrogens with two attached hydrogens (primary N) is 1. The monoisotopic (exact) mass is 265 g/mol. The minimum atomic E-state index is 0.508. The Labute approximate surface area is 97.1 Å². The van der Waals surface area contributed by atoms with Crippen LogP contribution in [0.15, 0.2) is 34.9 Å². The van der Waals surface area contributed by atoms with Gasteiger partial charge < -0.3 is 10.3 Å². The van der Waals surface area contributed by atoms with Crippen molar-refractivity contribution >= 4 is 15.9 Å². The second-order valence-corrected chi connectivity index (χ2v) is 4.17. The third-order valence-corrected chi connectivity index (χ3v) is 3.10. The number of hydrogen-bond acceptors (Lipinski definition) is 2. The Morgan fingerprint density at radius 1 is 1.40 bits per heavy atom. The molecule has 0 atom stereocenters. The van der Waals surface area contributed by atoms with Gasteiger partial charge in [0.05, 0.1) is 11.9 Å². The van der Waals surface area contributed by atoms with Crippen molar-refractivity contribution < 1.29 is 0 Å². The molecule has 0 aliphatic carbocycles. The molecule has 0 spiro atoms. The Balaban J connectivity index is 2.55. The topological polar surface area (TPSA) is 43.8 Å². The highest BCUT2D eigenvalue weighted by molar-refractivity contribution is 9.10. The Morgan fingerprint density at radius 2 is 2.13 bits per heavy atom. The van der Waals surface area contributed by atoms with Crippen LogP contribution in [-0.4, -0.2) is 9.55 Å². The molecule has 0 bridgehead atoms. The average Bonchev–Trinajstić information content (AvgIpc) is 2.60. The molecule has 2 aromatic rings. The lowest BCUT2D eigenvalue weighted by Crippen LogP contribution is -2.04. The summed E-state index contributed by atoms with van der Waals surface area (Å²) in [4.78, 5) is 4.37. The standard InChI is InChI=1S/C11H12BrN3/c1-15-8(6-13)7-14-11(15)9-4-2-3-5-10(9)12/h2-5,7H,6,13H2,1H3. The summed E-state index contributed by atoms with van der Waals surface area (Å²) in [6.45, 7) is 0.508.